The Labute approximate surface area is 179 Å². The number of nitrogens with one attached hydrogen (secondary N) is 1. The van der Waals surface area contributed by atoms with E-state index in [1.807, 2.05) is 24.3 Å². The molecule has 0 saturated carbocycles. The van der Waals surface area contributed by atoms with Crippen LogP contribution in [0.5, 0.6) is 0 Å². The first-order valence-corrected chi connectivity index (χ1v) is 11.7. The van der Waals surface area contributed by atoms with Gasteiger partial charge in [0.25, 0.3) is 10.0 Å². The second kappa shape index (κ2) is 8.14. The summed E-state index contributed by atoms with van der Waals surface area (Å²) in [4.78, 5) is 24.8. The zero-order chi connectivity index (χ0) is 21.3. The van der Waals surface area contributed by atoms with Gasteiger partial charge >= 0.3 is 0 Å². The van der Waals surface area contributed by atoms with Gasteiger partial charge in [-0.2, -0.15) is 4.31 Å². The predicted molar refractivity (Wildman–Crippen MR) is 116 cm³/mol. The molecule has 1 aliphatic rings. The number of nitrogens with zero attached hydrogens (tertiary/aromatic N) is 1. The highest BCUT2D eigenvalue weighted by Crippen LogP contribution is 2.31. The van der Waals surface area contributed by atoms with Gasteiger partial charge in [-0.15, -0.1) is 11.3 Å². The molecule has 0 aliphatic carbocycles. The average molecular weight is 441 g/mol. The maximum atomic E-state index is 13.3. The van der Waals surface area contributed by atoms with Gasteiger partial charge in [-0.05, 0) is 48.1 Å². The number of carbonyl (C=O) groups excluding carboxylic acids is 2. The minimum absolute atomic E-state index is 0.111. The van der Waals surface area contributed by atoms with Gasteiger partial charge in [0.2, 0.25) is 5.91 Å². The standard InChI is InChI=1S/C22H20N2O4S2/c1-15(25)16-8-4-9-19(12-16)23-22(26)20-13-17-6-2-3-7-18(17)14-24(20)30(27,28)21-10-5-11-29-21/h2-12,20H,13-14H2,1H3,(H,23,26)/t20-/m0/s1. The molecule has 0 saturated heterocycles. The molecule has 1 N–H and O–H groups in total. The molecule has 3 aromatic rings. The number of Topliss-reactive ketones (excluding diaryl/α,β-unsaturated/α-hetero) is 1. The van der Waals surface area contributed by atoms with Crippen LogP contribution in [-0.4, -0.2) is 30.5 Å². The number of amides is 1. The fraction of sp³-hybridized carbons (Fsp3) is 0.182. The third-order valence-corrected chi connectivity index (χ3v) is 8.33. The van der Waals surface area contributed by atoms with E-state index in [1.165, 1.54) is 11.2 Å². The second-order valence-electron chi connectivity index (χ2n) is 7.10. The summed E-state index contributed by atoms with van der Waals surface area (Å²) in [6.45, 7) is 1.58. The average Bonchev–Trinajstić information content (AvgIpc) is 3.29. The van der Waals surface area contributed by atoms with Gasteiger partial charge in [-0.25, -0.2) is 8.42 Å². The van der Waals surface area contributed by atoms with Crippen molar-refractivity contribution in [2.24, 2.45) is 0 Å². The lowest BCUT2D eigenvalue weighted by Crippen LogP contribution is -2.50. The zero-order valence-corrected chi connectivity index (χ0v) is 17.9. The topological polar surface area (TPSA) is 83.6 Å². The first-order valence-electron chi connectivity index (χ1n) is 9.40. The first kappa shape index (κ1) is 20.5. The van der Waals surface area contributed by atoms with Gasteiger partial charge in [-0.1, -0.05) is 42.5 Å². The molecule has 6 nitrogen and oxygen atoms in total. The molecule has 0 fully saturated rings. The van der Waals surface area contributed by atoms with E-state index in [-0.39, 0.29) is 23.0 Å². The normalized spacial score (nSPS) is 16.6. The largest absolute Gasteiger partial charge is 0.325 e. The van der Waals surface area contributed by atoms with Crippen LogP contribution in [0.3, 0.4) is 0 Å². The smallest absolute Gasteiger partial charge is 0.253 e. The summed E-state index contributed by atoms with van der Waals surface area (Å²) < 4.78 is 28.0. The summed E-state index contributed by atoms with van der Waals surface area (Å²) in [5.41, 5.74) is 2.78. The first-order chi connectivity index (χ1) is 14.4. The fourth-order valence-corrected chi connectivity index (χ4v) is 6.23. The molecule has 30 heavy (non-hydrogen) atoms. The number of carbonyl (C=O) groups is 2. The van der Waals surface area contributed by atoms with E-state index >= 15 is 0 Å². The lowest BCUT2D eigenvalue weighted by molar-refractivity contribution is -0.120. The van der Waals surface area contributed by atoms with E-state index < -0.39 is 22.0 Å². The van der Waals surface area contributed by atoms with E-state index in [4.69, 9.17) is 0 Å². The second-order valence-corrected chi connectivity index (χ2v) is 10.2. The number of ketones is 1. The molecular weight excluding hydrogens is 420 g/mol. The van der Waals surface area contributed by atoms with Crippen molar-refractivity contribution >= 4 is 38.7 Å². The van der Waals surface area contributed by atoms with E-state index in [2.05, 4.69) is 5.32 Å². The maximum Gasteiger partial charge on any atom is 0.253 e. The fourth-order valence-electron chi connectivity index (χ4n) is 3.54. The summed E-state index contributed by atoms with van der Waals surface area (Å²) in [5.74, 6) is -0.537. The quantitative estimate of drug-likeness (QED) is 0.613. The number of sulfonamides is 1. The minimum Gasteiger partial charge on any atom is -0.325 e. The number of anilines is 1. The predicted octanol–water partition coefficient (Wildman–Crippen LogP) is 3.71. The van der Waals surface area contributed by atoms with Crippen LogP contribution in [0.15, 0.2) is 70.3 Å². The Morgan fingerprint density at radius 2 is 1.80 bits per heavy atom. The molecule has 0 unspecified atom stereocenters. The molecule has 2 aromatic carbocycles. The SMILES string of the molecule is CC(=O)c1cccc(NC(=O)[C@@H]2Cc3ccccc3CN2S(=O)(=O)c2cccs2)c1. The number of hydrogen-bond donors (Lipinski definition) is 1. The van der Waals surface area contributed by atoms with Crippen molar-refractivity contribution in [1.82, 2.24) is 4.31 Å². The molecule has 1 aliphatic heterocycles. The van der Waals surface area contributed by atoms with Crippen LogP contribution in [0.25, 0.3) is 0 Å². The lowest BCUT2D eigenvalue weighted by Gasteiger charge is -2.34. The van der Waals surface area contributed by atoms with Crippen LogP contribution < -0.4 is 5.32 Å². The van der Waals surface area contributed by atoms with Crippen molar-refractivity contribution in [2.75, 3.05) is 5.32 Å². The maximum absolute atomic E-state index is 13.3. The van der Waals surface area contributed by atoms with Gasteiger partial charge in [-0.3, -0.25) is 9.59 Å². The highest BCUT2D eigenvalue weighted by atomic mass is 32.2. The number of fused-ring (bicyclic) bond motifs is 1. The number of thiophene rings is 1. The summed E-state index contributed by atoms with van der Waals surface area (Å²) >= 11 is 1.13. The number of hydrogen-bond acceptors (Lipinski definition) is 5. The van der Waals surface area contributed by atoms with Crippen molar-refractivity contribution in [1.29, 1.82) is 0 Å². The molecule has 0 spiro atoms. The van der Waals surface area contributed by atoms with E-state index in [1.54, 1.807) is 41.8 Å². The summed E-state index contributed by atoms with van der Waals surface area (Å²) in [7, 11) is -3.83. The molecule has 1 atom stereocenters. The van der Waals surface area contributed by atoms with Crippen LogP contribution in [-0.2, 0) is 27.8 Å². The third-order valence-electron chi connectivity index (χ3n) is 5.10. The van der Waals surface area contributed by atoms with Gasteiger partial charge in [0.15, 0.2) is 5.78 Å². The molecule has 4 rings (SSSR count). The molecule has 2 heterocycles. The van der Waals surface area contributed by atoms with Crippen LogP contribution in [0, 0.1) is 0 Å². The molecule has 0 radical (unpaired) electrons. The van der Waals surface area contributed by atoms with Crippen molar-refractivity contribution < 1.29 is 18.0 Å². The van der Waals surface area contributed by atoms with E-state index in [0.717, 1.165) is 22.5 Å². The van der Waals surface area contributed by atoms with E-state index in [9.17, 15) is 18.0 Å². The Balaban J connectivity index is 1.69. The van der Waals surface area contributed by atoms with Crippen LogP contribution in [0.4, 0.5) is 5.69 Å². The van der Waals surface area contributed by atoms with Crippen LogP contribution in [0.2, 0.25) is 0 Å². The van der Waals surface area contributed by atoms with Gasteiger partial charge in [0.05, 0.1) is 0 Å². The molecule has 0 bridgehead atoms. The third kappa shape index (κ3) is 3.94. The van der Waals surface area contributed by atoms with Gasteiger partial charge in [0.1, 0.15) is 10.3 Å². The highest BCUT2D eigenvalue weighted by molar-refractivity contribution is 7.91. The van der Waals surface area contributed by atoms with Crippen molar-refractivity contribution in [3.63, 3.8) is 0 Å². The zero-order valence-electron chi connectivity index (χ0n) is 16.2. The van der Waals surface area contributed by atoms with Gasteiger partial charge in [0, 0.05) is 17.8 Å². The number of rotatable bonds is 5. The Hall–Kier alpha value is -2.81. The number of benzene rings is 2. The van der Waals surface area contributed by atoms with Gasteiger partial charge < -0.3 is 5.32 Å². The monoisotopic (exact) mass is 440 g/mol. The Morgan fingerprint density at radius 1 is 1.03 bits per heavy atom. The molecular formula is C22H20N2O4S2. The van der Waals surface area contributed by atoms with E-state index in [0.29, 0.717) is 11.3 Å². The van der Waals surface area contributed by atoms with Crippen LogP contribution >= 0.6 is 11.3 Å². The van der Waals surface area contributed by atoms with Crippen LogP contribution in [0.1, 0.15) is 28.4 Å². The molecule has 8 heteroatoms. The van der Waals surface area contributed by atoms with Crippen molar-refractivity contribution in [3.8, 4) is 0 Å². The molecule has 1 aromatic heterocycles. The van der Waals surface area contributed by atoms with Crippen molar-refractivity contribution in [3.05, 3.63) is 82.7 Å². The summed E-state index contributed by atoms with van der Waals surface area (Å²) in [6.07, 6.45) is 0.277. The Morgan fingerprint density at radius 3 is 2.50 bits per heavy atom. The highest BCUT2D eigenvalue weighted by Gasteiger charge is 2.40. The molecule has 154 valence electrons. The summed E-state index contributed by atoms with van der Waals surface area (Å²) in [5, 5.41) is 4.49. The van der Waals surface area contributed by atoms with Crippen molar-refractivity contribution in [2.45, 2.75) is 30.1 Å². The minimum atomic E-state index is -3.83. The molecule has 1 amide bonds. The lowest BCUT2D eigenvalue weighted by atomic mass is 9.95. The summed E-state index contributed by atoms with van der Waals surface area (Å²) in [6, 6.07) is 16.5. The Bertz CT molecular complexity index is 1200. The Kier molecular flexibility index (Phi) is 5.55.